The first-order valence-corrected chi connectivity index (χ1v) is 8.12. The molecule has 0 radical (unpaired) electrons. The van der Waals surface area contributed by atoms with E-state index in [1.807, 2.05) is 26.8 Å². The minimum absolute atomic E-state index is 0.510. The lowest BCUT2D eigenvalue weighted by Gasteiger charge is -2.27. The summed E-state index contributed by atoms with van der Waals surface area (Å²) in [5, 5.41) is 5.20. The fourth-order valence-electron chi connectivity index (χ4n) is 2.15. The first-order chi connectivity index (χ1) is 9.94. The first kappa shape index (κ1) is 15.8. The molecule has 1 N–H and O–H groups in total. The standard InChI is InChI=1S/C15H23N3O2S/c1-15(2,3)20-14(19)17-16-11-12-7-8-13(21-12)18-9-5-4-6-10-18/h7-8,11H,4-6,9-10H2,1-3H3,(H,17,19)/b16-11+. The molecule has 0 unspecified atom stereocenters. The lowest BCUT2D eigenvalue weighted by molar-refractivity contribution is 0.0529. The Labute approximate surface area is 130 Å². The van der Waals surface area contributed by atoms with Gasteiger partial charge in [0.25, 0.3) is 0 Å². The Morgan fingerprint density at radius 1 is 1.33 bits per heavy atom. The highest BCUT2D eigenvalue weighted by atomic mass is 32.1. The van der Waals surface area contributed by atoms with Crippen molar-refractivity contribution < 1.29 is 9.53 Å². The molecule has 1 aromatic heterocycles. The number of carbonyl (C=O) groups excluding carboxylic acids is 1. The normalized spacial score (nSPS) is 16.2. The highest BCUT2D eigenvalue weighted by Crippen LogP contribution is 2.27. The smallest absolute Gasteiger partial charge is 0.428 e. The van der Waals surface area contributed by atoms with E-state index >= 15 is 0 Å². The molecule has 1 fully saturated rings. The van der Waals surface area contributed by atoms with E-state index in [0.29, 0.717) is 0 Å². The average Bonchev–Trinajstić information content (AvgIpc) is 2.86. The number of carbonyl (C=O) groups is 1. The summed E-state index contributed by atoms with van der Waals surface area (Å²) in [6.07, 6.45) is 4.98. The van der Waals surface area contributed by atoms with Crippen LogP contribution >= 0.6 is 11.3 Å². The first-order valence-electron chi connectivity index (χ1n) is 7.31. The van der Waals surface area contributed by atoms with Gasteiger partial charge in [0, 0.05) is 18.0 Å². The summed E-state index contributed by atoms with van der Waals surface area (Å²) in [5.41, 5.74) is 1.87. The molecule has 1 aliphatic heterocycles. The monoisotopic (exact) mass is 309 g/mol. The minimum atomic E-state index is -0.536. The molecule has 0 aromatic carbocycles. The zero-order valence-electron chi connectivity index (χ0n) is 12.9. The number of hydrogen-bond acceptors (Lipinski definition) is 5. The van der Waals surface area contributed by atoms with Crippen LogP contribution in [0.3, 0.4) is 0 Å². The summed E-state index contributed by atoms with van der Waals surface area (Å²) in [6, 6.07) is 4.14. The van der Waals surface area contributed by atoms with Crippen molar-refractivity contribution in [3.8, 4) is 0 Å². The van der Waals surface area contributed by atoms with E-state index in [9.17, 15) is 4.79 Å². The third-order valence-corrected chi connectivity index (χ3v) is 4.11. The van der Waals surface area contributed by atoms with Crippen LogP contribution in [-0.4, -0.2) is 31.0 Å². The lowest BCUT2D eigenvalue weighted by Crippen LogP contribution is -2.29. The Morgan fingerprint density at radius 2 is 2.05 bits per heavy atom. The highest BCUT2D eigenvalue weighted by molar-refractivity contribution is 7.17. The molecule has 0 atom stereocenters. The lowest BCUT2D eigenvalue weighted by atomic mass is 10.1. The van der Waals surface area contributed by atoms with E-state index in [1.54, 1.807) is 17.6 Å². The van der Waals surface area contributed by atoms with Gasteiger partial charge in [0.15, 0.2) is 0 Å². The maximum Gasteiger partial charge on any atom is 0.428 e. The van der Waals surface area contributed by atoms with Crippen molar-refractivity contribution in [1.29, 1.82) is 0 Å². The number of hydrogen-bond donors (Lipinski definition) is 1. The van der Waals surface area contributed by atoms with Gasteiger partial charge in [-0.25, -0.2) is 10.2 Å². The molecule has 0 saturated carbocycles. The van der Waals surface area contributed by atoms with E-state index in [-0.39, 0.29) is 0 Å². The number of ether oxygens (including phenoxy) is 1. The van der Waals surface area contributed by atoms with Crippen molar-refractivity contribution in [2.75, 3.05) is 18.0 Å². The molecule has 1 aliphatic rings. The number of hydrazone groups is 1. The Balaban J connectivity index is 1.84. The third kappa shape index (κ3) is 5.38. The number of thiophene rings is 1. The molecule has 116 valence electrons. The van der Waals surface area contributed by atoms with Crippen LogP contribution in [0.4, 0.5) is 9.80 Å². The van der Waals surface area contributed by atoms with Gasteiger partial charge in [-0.1, -0.05) is 0 Å². The van der Waals surface area contributed by atoms with Crippen LogP contribution < -0.4 is 10.3 Å². The predicted octanol–water partition coefficient (Wildman–Crippen LogP) is 3.60. The van der Waals surface area contributed by atoms with Gasteiger partial charge in [-0.15, -0.1) is 11.3 Å². The number of nitrogens with one attached hydrogen (secondary N) is 1. The SMILES string of the molecule is CC(C)(C)OC(=O)N/N=C/c1ccc(N2CCCCC2)s1. The van der Waals surface area contributed by atoms with Crippen molar-refractivity contribution in [2.24, 2.45) is 5.10 Å². The number of anilines is 1. The van der Waals surface area contributed by atoms with Crippen molar-refractivity contribution in [3.63, 3.8) is 0 Å². The summed E-state index contributed by atoms with van der Waals surface area (Å²) >= 11 is 1.69. The fourth-order valence-corrected chi connectivity index (χ4v) is 3.08. The Hall–Kier alpha value is -1.56. The molecule has 1 amide bonds. The second-order valence-corrected chi connectivity index (χ2v) is 7.19. The van der Waals surface area contributed by atoms with Crippen molar-refractivity contribution in [2.45, 2.75) is 45.6 Å². The van der Waals surface area contributed by atoms with Gasteiger partial charge < -0.3 is 9.64 Å². The van der Waals surface area contributed by atoms with Gasteiger partial charge in [0.05, 0.1) is 11.2 Å². The van der Waals surface area contributed by atoms with Gasteiger partial charge in [0.2, 0.25) is 0 Å². The molecule has 2 rings (SSSR count). The largest absolute Gasteiger partial charge is 0.443 e. The van der Waals surface area contributed by atoms with Crippen LogP contribution in [0.1, 0.15) is 44.9 Å². The number of nitrogens with zero attached hydrogens (tertiary/aromatic N) is 2. The summed E-state index contributed by atoms with van der Waals surface area (Å²) in [6.45, 7) is 7.72. The second-order valence-electron chi connectivity index (χ2n) is 6.10. The van der Waals surface area contributed by atoms with E-state index in [0.717, 1.165) is 18.0 Å². The quantitative estimate of drug-likeness (QED) is 0.685. The summed E-state index contributed by atoms with van der Waals surface area (Å²) in [4.78, 5) is 14.9. The highest BCUT2D eigenvalue weighted by Gasteiger charge is 2.15. The molecule has 5 nitrogen and oxygen atoms in total. The zero-order chi connectivity index (χ0) is 15.3. The fraction of sp³-hybridized carbons (Fsp3) is 0.600. The Bertz CT molecular complexity index is 499. The van der Waals surface area contributed by atoms with Crippen LogP contribution in [0.25, 0.3) is 0 Å². The van der Waals surface area contributed by atoms with E-state index in [4.69, 9.17) is 4.74 Å². The molecule has 2 heterocycles. The van der Waals surface area contributed by atoms with Gasteiger partial charge in [0.1, 0.15) is 5.60 Å². The molecule has 21 heavy (non-hydrogen) atoms. The zero-order valence-corrected chi connectivity index (χ0v) is 13.7. The molecular formula is C15H23N3O2S. The molecular weight excluding hydrogens is 286 g/mol. The van der Waals surface area contributed by atoms with E-state index in [1.165, 1.54) is 24.3 Å². The van der Waals surface area contributed by atoms with Crippen molar-refractivity contribution in [1.82, 2.24) is 5.43 Å². The van der Waals surface area contributed by atoms with E-state index in [2.05, 4.69) is 21.5 Å². The van der Waals surface area contributed by atoms with Gasteiger partial charge in [-0.05, 0) is 52.2 Å². The van der Waals surface area contributed by atoms with Gasteiger partial charge in [-0.2, -0.15) is 5.10 Å². The second kappa shape index (κ2) is 6.93. The molecule has 6 heteroatoms. The van der Waals surface area contributed by atoms with Gasteiger partial charge >= 0.3 is 6.09 Å². The minimum Gasteiger partial charge on any atom is -0.443 e. The average molecular weight is 309 g/mol. The predicted molar refractivity (Wildman–Crippen MR) is 87.3 cm³/mol. The van der Waals surface area contributed by atoms with E-state index < -0.39 is 11.7 Å². The molecule has 1 aromatic rings. The Morgan fingerprint density at radius 3 is 2.71 bits per heavy atom. The van der Waals surface area contributed by atoms with Crippen LogP contribution in [0, 0.1) is 0 Å². The summed E-state index contributed by atoms with van der Waals surface area (Å²) in [5.74, 6) is 0. The molecule has 1 saturated heterocycles. The Kier molecular flexibility index (Phi) is 5.22. The van der Waals surface area contributed by atoms with Crippen molar-refractivity contribution >= 4 is 28.6 Å². The van der Waals surface area contributed by atoms with Crippen LogP contribution in [0.5, 0.6) is 0 Å². The maximum atomic E-state index is 11.4. The number of rotatable bonds is 3. The van der Waals surface area contributed by atoms with Crippen LogP contribution in [0.15, 0.2) is 17.2 Å². The van der Waals surface area contributed by atoms with Crippen molar-refractivity contribution in [3.05, 3.63) is 17.0 Å². The van der Waals surface area contributed by atoms with Gasteiger partial charge in [-0.3, -0.25) is 0 Å². The summed E-state index contributed by atoms with van der Waals surface area (Å²) in [7, 11) is 0. The topological polar surface area (TPSA) is 53.9 Å². The number of amides is 1. The van der Waals surface area contributed by atoms with Crippen LogP contribution in [0.2, 0.25) is 0 Å². The van der Waals surface area contributed by atoms with Crippen LogP contribution in [-0.2, 0) is 4.74 Å². The third-order valence-electron chi connectivity index (χ3n) is 3.03. The molecule has 0 aliphatic carbocycles. The summed E-state index contributed by atoms with van der Waals surface area (Å²) < 4.78 is 5.11. The number of piperidine rings is 1. The molecule has 0 spiro atoms. The maximum absolute atomic E-state index is 11.4. The molecule has 0 bridgehead atoms.